The van der Waals surface area contributed by atoms with Crippen LogP contribution in [0.3, 0.4) is 0 Å². The summed E-state index contributed by atoms with van der Waals surface area (Å²) in [7, 11) is -2.01. The van der Waals surface area contributed by atoms with Crippen molar-refractivity contribution in [2.75, 3.05) is 24.3 Å². The Morgan fingerprint density at radius 2 is 2.26 bits per heavy atom. The average molecular weight is 297 g/mol. The summed E-state index contributed by atoms with van der Waals surface area (Å²) in [4.78, 5) is 0.0749. The third-order valence-electron chi connectivity index (χ3n) is 3.22. The van der Waals surface area contributed by atoms with Gasteiger partial charge in [-0.2, -0.15) is 21.3 Å². The number of nitrogens with zero attached hydrogens (tertiary/aromatic N) is 2. The number of rotatable bonds is 3. The van der Waals surface area contributed by atoms with Crippen LogP contribution in [0.5, 0.6) is 0 Å². The molecule has 2 rings (SSSR count). The highest BCUT2D eigenvalue weighted by Gasteiger charge is 2.31. The van der Waals surface area contributed by atoms with Crippen LogP contribution in [0.25, 0.3) is 0 Å². The quantitative estimate of drug-likeness (QED) is 0.849. The summed E-state index contributed by atoms with van der Waals surface area (Å²) < 4.78 is 26.4. The Morgan fingerprint density at radius 1 is 1.53 bits per heavy atom. The van der Waals surface area contributed by atoms with Gasteiger partial charge in [0.15, 0.2) is 0 Å². The molecule has 0 aromatic heterocycles. The van der Waals surface area contributed by atoms with Gasteiger partial charge in [0.2, 0.25) is 10.0 Å². The molecular weight excluding hydrogens is 282 g/mol. The van der Waals surface area contributed by atoms with Crippen molar-refractivity contribution in [1.82, 2.24) is 4.31 Å². The van der Waals surface area contributed by atoms with Gasteiger partial charge in [-0.15, -0.1) is 0 Å². The van der Waals surface area contributed by atoms with Crippen molar-refractivity contribution in [2.45, 2.75) is 17.4 Å². The van der Waals surface area contributed by atoms with Gasteiger partial charge in [0.1, 0.15) is 4.90 Å². The Bertz CT molecular complexity index is 616. The lowest BCUT2D eigenvalue weighted by molar-refractivity contribution is 0.395. The molecule has 1 heterocycles. The van der Waals surface area contributed by atoms with E-state index in [0.29, 0.717) is 5.56 Å². The van der Waals surface area contributed by atoms with Gasteiger partial charge in [-0.3, -0.25) is 0 Å². The van der Waals surface area contributed by atoms with E-state index in [9.17, 15) is 8.42 Å². The van der Waals surface area contributed by atoms with E-state index in [1.54, 1.807) is 18.8 Å². The van der Waals surface area contributed by atoms with Gasteiger partial charge in [-0.1, -0.05) is 0 Å². The maximum atomic E-state index is 12.5. The fourth-order valence-electron chi connectivity index (χ4n) is 2.01. The van der Waals surface area contributed by atoms with Crippen LogP contribution >= 0.6 is 11.8 Å². The highest BCUT2D eigenvalue weighted by Crippen LogP contribution is 2.28. The van der Waals surface area contributed by atoms with Crippen molar-refractivity contribution in [3.63, 3.8) is 0 Å². The Morgan fingerprint density at radius 3 is 2.79 bits per heavy atom. The van der Waals surface area contributed by atoms with E-state index >= 15 is 0 Å². The number of nitrogen functional groups attached to an aromatic ring is 1. The molecule has 102 valence electrons. The standard InChI is InChI=1S/C12H15N3O2S2/c1-15(10-4-5-18-8-10)19(16,17)12-3-2-9(7-13)6-11(12)14/h2-3,6,10H,4-5,8,14H2,1H3. The molecule has 0 bridgehead atoms. The largest absolute Gasteiger partial charge is 0.398 e. The van der Waals surface area contributed by atoms with Gasteiger partial charge < -0.3 is 5.73 Å². The SMILES string of the molecule is CN(C1CCSC1)S(=O)(=O)c1ccc(C#N)cc1N. The van der Waals surface area contributed by atoms with Gasteiger partial charge in [0, 0.05) is 18.8 Å². The van der Waals surface area contributed by atoms with Crippen molar-refractivity contribution >= 4 is 27.5 Å². The lowest BCUT2D eigenvalue weighted by atomic mass is 10.2. The van der Waals surface area contributed by atoms with Gasteiger partial charge in [-0.05, 0) is 30.4 Å². The molecule has 1 unspecified atom stereocenters. The average Bonchev–Trinajstić information content (AvgIpc) is 2.90. The van der Waals surface area contributed by atoms with E-state index in [0.717, 1.165) is 17.9 Å². The number of thioether (sulfide) groups is 1. The molecule has 0 spiro atoms. The minimum absolute atomic E-state index is 0.0186. The first-order valence-electron chi connectivity index (χ1n) is 5.82. The van der Waals surface area contributed by atoms with Crippen LogP contribution in [-0.2, 0) is 10.0 Å². The zero-order valence-corrected chi connectivity index (χ0v) is 12.2. The predicted molar refractivity (Wildman–Crippen MR) is 76.2 cm³/mol. The highest BCUT2D eigenvalue weighted by atomic mass is 32.2. The third-order valence-corrected chi connectivity index (χ3v) is 6.34. The highest BCUT2D eigenvalue weighted by molar-refractivity contribution is 7.99. The third kappa shape index (κ3) is 2.71. The molecule has 19 heavy (non-hydrogen) atoms. The molecular formula is C12H15N3O2S2. The first-order chi connectivity index (χ1) is 8.96. The van der Waals surface area contributed by atoms with Gasteiger partial charge in [-0.25, -0.2) is 8.42 Å². The molecule has 1 atom stereocenters. The molecule has 1 aliphatic heterocycles. The van der Waals surface area contributed by atoms with Crippen LogP contribution in [0.4, 0.5) is 5.69 Å². The summed E-state index contributed by atoms with van der Waals surface area (Å²) in [5.41, 5.74) is 6.24. The molecule has 1 aliphatic rings. The zero-order valence-electron chi connectivity index (χ0n) is 10.5. The molecule has 1 saturated heterocycles. The number of benzene rings is 1. The molecule has 0 saturated carbocycles. The summed E-state index contributed by atoms with van der Waals surface area (Å²) >= 11 is 1.75. The van der Waals surface area contributed by atoms with E-state index in [2.05, 4.69) is 0 Å². The van der Waals surface area contributed by atoms with Crippen molar-refractivity contribution in [2.24, 2.45) is 0 Å². The fraction of sp³-hybridized carbons (Fsp3) is 0.417. The molecule has 2 N–H and O–H groups in total. The predicted octanol–water partition coefficient (Wildman–Crippen LogP) is 1.27. The van der Waals surface area contributed by atoms with Crippen LogP contribution < -0.4 is 5.73 Å². The fourth-order valence-corrected chi connectivity index (χ4v) is 4.85. The van der Waals surface area contributed by atoms with E-state index in [4.69, 9.17) is 11.0 Å². The van der Waals surface area contributed by atoms with Gasteiger partial charge in [0.05, 0.1) is 17.3 Å². The van der Waals surface area contributed by atoms with Crippen molar-refractivity contribution < 1.29 is 8.42 Å². The monoisotopic (exact) mass is 297 g/mol. The van der Waals surface area contributed by atoms with Crippen LogP contribution in [0.15, 0.2) is 23.1 Å². The van der Waals surface area contributed by atoms with Crippen LogP contribution in [-0.4, -0.2) is 37.3 Å². The number of nitrogens with two attached hydrogens (primary N) is 1. The van der Waals surface area contributed by atoms with Crippen LogP contribution in [0.1, 0.15) is 12.0 Å². The maximum absolute atomic E-state index is 12.5. The minimum atomic E-state index is -3.59. The molecule has 0 radical (unpaired) electrons. The first-order valence-corrected chi connectivity index (χ1v) is 8.41. The van der Waals surface area contributed by atoms with E-state index < -0.39 is 10.0 Å². The molecule has 0 aliphatic carbocycles. The second-order valence-electron chi connectivity index (χ2n) is 4.40. The lowest BCUT2D eigenvalue weighted by Crippen LogP contribution is -2.37. The summed E-state index contributed by atoms with van der Waals surface area (Å²) in [5, 5.41) is 8.77. The summed E-state index contributed by atoms with van der Waals surface area (Å²) in [5.74, 6) is 1.79. The smallest absolute Gasteiger partial charge is 0.245 e. The normalized spacial score (nSPS) is 19.5. The van der Waals surface area contributed by atoms with Gasteiger partial charge in [0.25, 0.3) is 0 Å². The number of hydrogen-bond donors (Lipinski definition) is 1. The Kier molecular flexibility index (Phi) is 4.04. The summed E-state index contributed by atoms with van der Waals surface area (Å²) in [6.45, 7) is 0. The Balaban J connectivity index is 2.36. The number of hydrogen-bond acceptors (Lipinski definition) is 5. The maximum Gasteiger partial charge on any atom is 0.245 e. The second kappa shape index (κ2) is 5.41. The van der Waals surface area contributed by atoms with Crippen LogP contribution in [0.2, 0.25) is 0 Å². The van der Waals surface area contributed by atoms with E-state index in [1.807, 2.05) is 6.07 Å². The zero-order chi connectivity index (χ0) is 14.0. The topological polar surface area (TPSA) is 87.2 Å². The lowest BCUT2D eigenvalue weighted by Gasteiger charge is -2.23. The molecule has 5 nitrogen and oxygen atoms in total. The number of nitriles is 1. The Labute approximate surface area is 117 Å². The van der Waals surface area contributed by atoms with E-state index in [-0.39, 0.29) is 16.6 Å². The van der Waals surface area contributed by atoms with Gasteiger partial charge >= 0.3 is 0 Å². The first kappa shape index (κ1) is 14.2. The summed E-state index contributed by atoms with van der Waals surface area (Å²) in [6, 6.07) is 6.23. The van der Waals surface area contributed by atoms with Crippen molar-refractivity contribution in [3.05, 3.63) is 23.8 Å². The molecule has 0 amide bonds. The van der Waals surface area contributed by atoms with Crippen molar-refractivity contribution in [1.29, 1.82) is 5.26 Å². The molecule has 1 fully saturated rings. The minimum Gasteiger partial charge on any atom is -0.398 e. The Hall–Kier alpha value is -1.23. The van der Waals surface area contributed by atoms with E-state index in [1.165, 1.54) is 22.5 Å². The molecule has 1 aromatic rings. The number of sulfonamides is 1. The number of anilines is 1. The van der Waals surface area contributed by atoms with Crippen LogP contribution in [0, 0.1) is 11.3 Å². The molecule has 1 aromatic carbocycles. The van der Waals surface area contributed by atoms with Crippen molar-refractivity contribution in [3.8, 4) is 6.07 Å². The second-order valence-corrected chi connectivity index (χ2v) is 7.52. The summed E-state index contributed by atoms with van der Waals surface area (Å²) in [6.07, 6.45) is 0.858. The molecule has 7 heteroatoms.